The van der Waals surface area contributed by atoms with Crippen molar-refractivity contribution in [1.82, 2.24) is 14.5 Å². The maximum Gasteiger partial charge on any atom is 0.279 e. The topological polar surface area (TPSA) is 41.0 Å². The lowest BCUT2D eigenvalue weighted by molar-refractivity contribution is -0.0755. The number of aromatic nitrogens is 1. The van der Waals surface area contributed by atoms with Gasteiger partial charge in [0.05, 0.1) is 12.7 Å². The SMILES string of the molecule is CON(C)C(=O)c1cn(CCCN2CCN(c3ccc(Cl)cc3)CC2)c2ccccc12. The molecule has 0 unspecified atom stereocenters. The van der Waals surface area contributed by atoms with Crippen LogP contribution in [0, 0.1) is 0 Å². The molecule has 1 aliphatic rings. The molecule has 0 spiro atoms. The fourth-order valence-electron chi connectivity index (χ4n) is 4.20. The molecule has 1 amide bonds. The molecule has 31 heavy (non-hydrogen) atoms. The van der Waals surface area contributed by atoms with Crippen LogP contribution in [-0.2, 0) is 11.4 Å². The Morgan fingerprint density at radius 1 is 1.03 bits per heavy atom. The zero-order valence-electron chi connectivity index (χ0n) is 18.1. The molecule has 0 saturated carbocycles. The fraction of sp³-hybridized carbons (Fsp3) is 0.375. The number of nitrogens with zero attached hydrogens (tertiary/aromatic N) is 4. The monoisotopic (exact) mass is 440 g/mol. The summed E-state index contributed by atoms with van der Waals surface area (Å²) >= 11 is 6.00. The van der Waals surface area contributed by atoms with Crippen LogP contribution >= 0.6 is 11.6 Å². The van der Waals surface area contributed by atoms with Gasteiger partial charge in [0.15, 0.2) is 0 Å². The van der Waals surface area contributed by atoms with E-state index in [9.17, 15) is 4.79 Å². The number of fused-ring (bicyclic) bond motifs is 1. The molecule has 0 radical (unpaired) electrons. The Kier molecular flexibility index (Phi) is 6.80. The number of hydrogen-bond donors (Lipinski definition) is 0. The van der Waals surface area contributed by atoms with Gasteiger partial charge in [-0.05, 0) is 43.3 Å². The highest BCUT2D eigenvalue weighted by molar-refractivity contribution is 6.30. The van der Waals surface area contributed by atoms with E-state index >= 15 is 0 Å². The van der Waals surface area contributed by atoms with Crippen LogP contribution in [0.25, 0.3) is 10.9 Å². The van der Waals surface area contributed by atoms with Crippen molar-refractivity contribution in [2.24, 2.45) is 0 Å². The predicted octanol–water partition coefficient (Wildman–Crippen LogP) is 4.14. The minimum absolute atomic E-state index is 0.129. The first-order valence-corrected chi connectivity index (χ1v) is 11.1. The third kappa shape index (κ3) is 4.87. The van der Waals surface area contributed by atoms with Gasteiger partial charge < -0.3 is 9.47 Å². The van der Waals surface area contributed by atoms with Crippen LogP contribution in [0.3, 0.4) is 0 Å². The van der Waals surface area contributed by atoms with Crippen molar-refractivity contribution in [3.8, 4) is 0 Å². The summed E-state index contributed by atoms with van der Waals surface area (Å²) in [5.74, 6) is -0.129. The summed E-state index contributed by atoms with van der Waals surface area (Å²) in [5.41, 5.74) is 3.00. The number of hydrogen-bond acceptors (Lipinski definition) is 4. The van der Waals surface area contributed by atoms with Crippen molar-refractivity contribution >= 4 is 34.1 Å². The molecule has 164 valence electrons. The van der Waals surface area contributed by atoms with Crippen molar-refractivity contribution in [3.63, 3.8) is 0 Å². The molecule has 4 rings (SSSR count). The van der Waals surface area contributed by atoms with Crippen LogP contribution < -0.4 is 4.90 Å². The number of rotatable bonds is 7. The molecule has 6 nitrogen and oxygen atoms in total. The zero-order valence-corrected chi connectivity index (χ0v) is 18.9. The second kappa shape index (κ2) is 9.73. The number of carbonyl (C=O) groups excluding carboxylic acids is 1. The van der Waals surface area contributed by atoms with Gasteiger partial charge in [0.1, 0.15) is 0 Å². The Balaban J connectivity index is 1.34. The van der Waals surface area contributed by atoms with E-state index in [1.807, 2.05) is 36.5 Å². The second-order valence-electron chi connectivity index (χ2n) is 7.90. The third-order valence-corrected chi connectivity index (χ3v) is 6.27. The van der Waals surface area contributed by atoms with Gasteiger partial charge >= 0.3 is 0 Å². The smallest absolute Gasteiger partial charge is 0.279 e. The summed E-state index contributed by atoms with van der Waals surface area (Å²) in [6.45, 7) is 6.07. The van der Waals surface area contributed by atoms with Crippen molar-refractivity contribution in [1.29, 1.82) is 0 Å². The molecule has 1 aliphatic heterocycles. The van der Waals surface area contributed by atoms with Gasteiger partial charge in [-0.1, -0.05) is 29.8 Å². The fourth-order valence-corrected chi connectivity index (χ4v) is 4.33. The lowest BCUT2D eigenvalue weighted by Crippen LogP contribution is -2.46. The number of piperazine rings is 1. The summed E-state index contributed by atoms with van der Waals surface area (Å²) in [6.07, 6.45) is 2.99. The standard InChI is InChI=1S/C24H29ClN4O2/c1-26(31-2)24(30)22-18-29(23-7-4-3-6-21(22)23)13-5-12-27-14-16-28(17-15-27)20-10-8-19(25)9-11-20/h3-4,6-11,18H,5,12-17H2,1-2H3. The Labute approximate surface area is 188 Å². The van der Waals surface area contributed by atoms with Crippen LogP contribution in [0.4, 0.5) is 5.69 Å². The Morgan fingerprint density at radius 3 is 2.45 bits per heavy atom. The van der Waals surface area contributed by atoms with Crippen molar-refractivity contribution in [2.45, 2.75) is 13.0 Å². The number of hydroxylamine groups is 2. The zero-order chi connectivity index (χ0) is 21.8. The molecular weight excluding hydrogens is 412 g/mol. The van der Waals surface area contributed by atoms with E-state index < -0.39 is 0 Å². The second-order valence-corrected chi connectivity index (χ2v) is 8.33. The molecule has 2 heterocycles. The average Bonchev–Trinajstić information content (AvgIpc) is 3.18. The minimum Gasteiger partial charge on any atom is -0.369 e. The molecule has 3 aromatic rings. The van der Waals surface area contributed by atoms with Gasteiger partial charge in [-0.3, -0.25) is 14.5 Å². The van der Waals surface area contributed by atoms with Gasteiger partial charge in [-0.2, -0.15) is 0 Å². The number of halogens is 1. The number of amides is 1. The van der Waals surface area contributed by atoms with Crippen molar-refractivity contribution in [3.05, 3.63) is 65.3 Å². The van der Waals surface area contributed by atoms with Crippen molar-refractivity contribution < 1.29 is 9.63 Å². The minimum atomic E-state index is -0.129. The third-order valence-electron chi connectivity index (χ3n) is 6.02. The summed E-state index contributed by atoms with van der Waals surface area (Å²) in [4.78, 5) is 22.7. The van der Waals surface area contributed by atoms with E-state index in [2.05, 4.69) is 32.6 Å². The van der Waals surface area contributed by atoms with E-state index in [-0.39, 0.29) is 5.91 Å². The van der Waals surface area contributed by atoms with Gasteiger partial charge in [-0.25, -0.2) is 5.06 Å². The number of carbonyl (C=O) groups is 1. The number of benzene rings is 2. The first-order chi connectivity index (χ1) is 15.1. The maximum atomic E-state index is 12.7. The Morgan fingerprint density at radius 2 is 1.74 bits per heavy atom. The van der Waals surface area contributed by atoms with Gasteiger partial charge in [-0.15, -0.1) is 0 Å². The first-order valence-electron chi connectivity index (χ1n) is 10.7. The quantitative estimate of drug-likeness (QED) is 0.518. The molecule has 0 aliphatic carbocycles. The molecule has 0 N–H and O–H groups in total. The number of aryl methyl sites for hydroxylation is 1. The summed E-state index contributed by atoms with van der Waals surface area (Å²) in [7, 11) is 3.14. The van der Waals surface area contributed by atoms with Gasteiger partial charge in [0.2, 0.25) is 0 Å². The average molecular weight is 441 g/mol. The molecule has 1 aromatic heterocycles. The van der Waals surface area contributed by atoms with Gasteiger partial charge in [0.25, 0.3) is 5.91 Å². The van der Waals surface area contributed by atoms with Crippen LogP contribution in [0.5, 0.6) is 0 Å². The summed E-state index contributed by atoms with van der Waals surface area (Å²) in [6, 6.07) is 16.1. The highest BCUT2D eigenvalue weighted by atomic mass is 35.5. The molecule has 1 saturated heterocycles. The van der Waals surface area contributed by atoms with Crippen molar-refractivity contribution in [2.75, 3.05) is 51.8 Å². The highest BCUT2D eigenvalue weighted by Crippen LogP contribution is 2.23. The lowest BCUT2D eigenvalue weighted by Gasteiger charge is -2.36. The van der Waals surface area contributed by atoms with E-state index in [0.29, 0.717) is 5.56 Å². The largest absolute Gasteiger partial charge is 0.369 e. The number of para-hydroxylation sites is 1. The van der Waals surface area contributed by atoms with E-state index in [4.69, 9.17) is 16.4 Å². The number of anilines is 1. The van der Waals surface area contributed by atoms with Crippen LogP contribution in [0.15, 0.2) is 54.7 Å². The molecule has 7 heteroatoms. The Hall–Kier alpha value is -2.54. The van der Waals surface area contributed by atoms with E-state index in [1.54, 1.807) is 7.05 Å². The molecule has 0 bridgehead atoms. The van der Waals surface area contributed by atoms with Gasteiger partial charge in [0, 0.05) is 67.6 Å². The maximum absolute atomic E-state index is 12.7. The predicted molar refractivity (Wildman–Crippen MR) is 126 cm³/mol. The summed E-state index contributed by atoms with van der Waals surface area (Å²) in [5, 5.41) is 3.01. The Bertz CT molecular complexity index is 1030. The summed E-state index contributed by atoms with van der Waals surface area (Å²) < 4.78 is 2.19. The molecule has 0 atom stereocenters. The molecule has 1 fully saturated rings. The highest BCUT2D eigenvalue weighted by Gasteiger charge is 2.19. The van der Waals surface area contributed by atoms with Crippen LogP contribution in [-0.4, -0.2) is 67.3 Å². The lowest BCUT2D eigenvalue weighted by atomic mass is 10.1. The normalized spacial score (nSPS) is 14.9. The molecular formula is C24H29ClN4O2. The molecule has 2 aromatic carbocycles. The van der Waals surface area contributed by atoms with Crippen LogP contribution in [0.2, 0.25) is 5.02 Å². The van der Waals surface area contributed by atoms with Crippen LogP contribution in [0.1, 0.15) is 16.8 Å². The first kappa shape index (κ1) is 21.7. The van der Waals surface area contributed by atoms with E-state index in [1.165, 1.54) is 17.9 Å². The van der Waals surface area contributed by atoms with E-state index in [0.717, 1.165) is 61.6 Å².